The molecule has 0 spiro atoms. The number of aryl methyl sites for hydroxylation is 1. The minimum absolute atomic E-state index is 0.136. The minimum Gasteiger partial charge on any atom is -0.466 e. The highest BCUT2D eigenvalue weighted by Gasteiger charge is 2.15. The summed E-state index contributed by atoms with van der Waals surface area (Å²) in [7, 11) is 0. The van der Waals surface area contributed by atoms with Crippen LogP contribution in [0.25, 0.3) is 0 Å². The van der Waals surface area contributed by atoms with E-state index in [0.717, 1.165) is 11.1 Å². The highest BCUT2D eigenvalue weighted by Crippen LogP contribution is 2.07. The molecule has 0 aliphatic carbocycles. The van der Waals surface area contributed by atoms with Crippen LogP contribution in [-0.4, -0.2) is 35.0 Å². The molecule has 0 saturated carbocycles. The van der Waals surface area contributed by atoms with Gasteiger partial charge in [0.2, 0.25) is 5.91 Å². The lowest BCUT2D eigenvalue weighted by atomic mass is 10.1. The fourth-order valence-electron chi connectivity index (χ4n) is 2.68. The largest absolute Gasteiger partial charge is 0.466 e. The first-order valence-electron chi connectivity index (χ1n) is 9.40. The van der Waals surface area contributed by atoms with Gasteiger partial charge in [0.05, 0.1) is 13.0 Å². The Balaban J connectivity index is 1.92. The third-order valence-electron chi connectivity index (χ3n) is 4.12. The average Bonchev–Trinajstić information content (AvgIpc) is 2.71. The summed E-state index contributed by atoms with van der Waals surface area (Å²) >= 11 is 5.44. The third kappa shape index (κ3) is 7.88. The number of carbonyl (C=O) groups excluding carboxylic acids is 2. The van der Waals surface area contributed by atoms with Gasteiger partial charge in [-0.05, 0) is 36.7 Å². The number of nitrogens with one attached hydrogen (secondary N) is 1. The first-order chi connectivity index (χ1) is 13.6. The minimum atomic E-state index is -0.279. The molecule has 0 atom stereocenters. The summed E-state index contributed by atoms with van der Waals surface area (Å²) in [6.45, 7) is 3.01. The number of nitrogens with zero attached hydrogens (tertiary/aromatic N) is 1. The number of hydrogen-bond acceptors (Lipinski definition) is 4. The highest BCUT2D eigenvalue weighted by atomic mass is 32.1. The molecule has 2 rings (SSSR count). The van der Waals surface area contributed by atoms with Gasteiger partial charge in [-0.1, -0.05) is 60.7 Å². The van der Waals surface area contributed by atoms with Crippen LogP contribution in [0, 0.1) is 0 Å². The van der Waals surface area contributed by atoms with E-state index in [4.69, 9.17) is 17.0 Å². The van der Waals surface area contributed by atoms with Crippen molar-refractivity contribution >= 4 is 29.2 Å². The molecule has 0 saturated heterocycles. The molecular weight excluding hydrogens is 372 g/mol. The van der Waals surface area contributed by atoms with Crippen molar-refractivity contribution in [3.05, 3.63) is 71.8 Å². The molecule has 5 nitrogen and oxygen atoms in total. The first-order valence-corrected chi connectivity index (χ1v) is 9.81. The smallest absolute Gasteiger partial charge is 0.307 e. The summed E-state index contributed by atoms with van der Waals surface area (Å²) in [5.74, 6) is -0.415. The van der Waals surface area contributed by atoms with Gasteiger partial charge in [0.1, 0.15) is 0 Å². The van der Waals surface area contributed by atoms with Crippen molar-refractivity contribution in [2.45, 2.75) is 32.7 Å². The van der Waals surface area contributed by atoms with E-state index in [1.165, 1.54) is 0 Å². The lowest BCUT2D eigenvalue weighted by molar-refractivity contribution is -0.143. The van der Waals surface area contributed by atoms with Crippen LogP contribution in [0.3, 0.4) is 0 Å². The monoisotopic (exact) mass is 398 g/mol. The SMILES string of the molecule is CCOC(=O)CCN(Cc1ccccc1)C(=S)NC(=O)CCc1ccccc1. The second-order valence-electron chi connectivity index (χ2n) is 6.30. The summed E-state index contributed by atoms with van der Waals surface area (Å²) in [6.07, 6.45) is 1.21. The Bertz CT molecular complexity index is 766. The second-order valence-corrected chi connectivity index (χ2v) is 6.69. The Morgan fingerprint density at radius 2 is 1.57 bits per heavy atom. The molecular formula is C22H26N2O3S. The van der Waals surface area contributed by atoms with Gasteiger partial charge >= 0.3 is 5.97 Å². The topological polar surface area (TPSA) is 58.6 Å². The van der Waals surface area contributed by atoms with Crippen molar-refractivity contribution in [2.75, 3.05) is 13.2 Å². The summed E-state index contributed by atoms with van der Waals surface area (Å²) < 4.78 is 4.99. The summed E-state index contributed by atoms with van der Waals surface area (Å²) in [4.78, 5) is 25.9. The second kappa shape index (κ2) is 11.9. The van der Waals surface area contributed by atoms with Gasteiger partial charge in [-0.2, -0.15) is 0 Å². The van der Waals surface area contributed by atoms with Crippen molar-refractivity contribution in [3.8, 4) is 0 Å². The third-order valence-corrected chi connectivity index (χ3v) is 4.48. The van der Waals surface area contributed by atoms with Crippen molar-refractivity contribution in [1.29, 1.82) is 0 Å². The van der Waals surface area contributed by atoms with Crippen LogP contribution in [0.4, 0.5) is 0 Å². The van der Waals surface area contributed by atoms with Gasteiger partial charge in [-0.25, -0.2) is 0 Å². The van der Waals surface area contributed by atoms with E-state index in [1.54, 1.807) is 6.92 Å². The standard InChI is InChI=1S/C22H26N2O3S/c1-2-27-21(26)15-16-24(17-19-11-7-4-8-12-19)22(28)23-20(25)14-13-18-9-5-3-6-10-18/h3-12H,2,13-17H2,1H3,(H,23,25,28). The average molecular weight is 399 g/mol. The molecule has 0 aliphatic heterocycles. The first kappa shape index (κ1) is 21.6. The van der Waals surface area contributed by atoms with E-state index in [1.807, 2.05) is 65.6 Å². The fourth-order valence-corrected chi connectivity index (χ4v) is 2.95. The van der Waals surface area contributed by atoms with Crippen LogP contribution in [0.1, 0.15) is 30.9 Å². The number of hydrogen-bond donors (Lipinski definition) is 1. The van der Waals surface area contributed by atoms with Gasteiger partial charge in [-0.3, -0.25) is 9.59 Å². The molecule has 2 aromatic carbocycles. The number of esters is 1. The normalized spacial score (nSPS) is 10.2. The predicted octanol–water partition coefficient (Wildman–Crippen LogP) is 3.48. The maximum Gasteiger partial charge on any atom is 0.307 e. The quantitative estimate of drug-likeness (QED) is 0.518. The van der Waals surface area contributed by atoms with Gasteiger partial charge in [0, 0.05) is 19.5 Å². The van der Waals surface area contributed by atoms with Crippen molar-refractivity contribution in [1.82, 2.24) is 10.2 Å². The van der Waals surface area contributed by atoms with Crippen molar-refractivity contribution in [2.24, 2.45) is 0 Å². The van der Waals surface area contributed by atoms with E-state index < -0.39 is 0 Å². The maximum atomic E-state index is 12.3. The molecule has 28 heavy (non-hydrogen) atoms. The number of thiocarbonyl (C=S) groups is 1. The van der Waals surface area contributed by atoms with E-state index >= 15 is 0 Å². The Hall–Kier alpha value is -2.73. The van der Waals surface area contributed by atoms with Gasteiger partial charge in [0.15, 0.2) is 5.11 Å². The molecule has 1 N–H and O–H groups in total. The summed E-state index contributed by atoms with van der Waals surface area (Å²) in [5.41, 5.74) is 2.15. The van der Waals surface area contributed by atoms with Crippen LogP contribution >= 0.6 is 12.2 Å². The van der Waals surface area contributed by atoms with Crippen LogP contribution in [0.15, 0.2) is 60.7 Å². The molecule has 0 heterocycles. The van der Waals surface area contributed by atoms with Gasteiger partial charge in [0.25, 0.3) is 0 Å². The molecule has 1 amide bonds. The number of amides is 1. The molecule has 0 unspecified atom stereocenters. The molecule has 0 bridgehead atoms. The zero-order valence-electron chi connectivity index (χ0n) is 16.1. The van der Waals surface area contributed by atoms with Crippen LogP contribution < -0.4 is 5.32 Å². The molecule has 6 heteroatoms. The van der Waals surface area contributed by atoms with E-state index in [9.17, 15) is 9.59 Å². The van der Waals surface area contributed by atoms with E-state index in [2.05, 4.69) is 5.32 Å². The molecule has 0 aromatic heterocycles. The summed E-state index contributed by atoms with van der Waals surface area (Å²) in [6, 6.07) is 19.6. The lowest BCUT2D eigenvalue weighted by Crippen LogP contribution is -2.43. The van der Waals surface area contributed by atoms with E-state index in [0.29, 0.717) is 37.7 Å². The number of rotatable bonds is 9. The summed E-state index contributed by atoms with van der Waals surface area (Å²) in [5, 5.41) is 3.12. The Kier molecular flexibility index (Phi) is 9.15. The molecule has 148 valence electrons. The zero-order chi connectivity index (χ0) is 20.2. The molecule has 2 aromatic rings. The zero-order valence-corrected chi connectivity index (χ0v) is 16.9. The molecule has 0 fully saturated rings. The van der Waals surface area contributed by atoms with Crippen molar-refractivity contribution in [3.63, 3.8) is 0 Å². The van der Waals surface area contributed by atoms with E-state index in [-0.39, 0.29) is 18.3 Å². The number of carbonyl (C=O) groups is 2. The van der Waals surface area contributed by atoms with Gasteiger partial charge in [-0.15, -0.1) is 0 Å². The van der Waals surface area contributed by atoms with Crippen LogP contribution in [-0.2, 0) is 27.3 Å². The fraction of sp³-hybridized carbons (Fsp3) is 0.318. The Morgan fingerprint density at radius 1 is 0.964 bits per heavy atom. The van der Waals surface area contributed by atoms with Gasteiger partial charge < -0.3 is 15.0 Å². The highest BCUT2D eigenvalue weighted by molar-refractivity contribution is 7.80. The molecule has 0 aliphatic rings. The lowest BCUT2D eigenvalue weighted by Gasteiger charge is -2.25. The number of benzene rings is 2. The maximum absolute atomic E-state index is 12.3. The van der Waals surface area contributed by atoms with Crippen LogP contribution in [0.2, 0.25) is 0 Å². The van der Waals surface area contributed by atoms with Crippen molar-refractivity contribution < 1.29 is 14.3 Å². The Morgan fingerprint density at radius 3 is 2.18 bits per heavy atom. The predicted molar refractivity (Wildman–Crippen MR) is 114 cm³/mol. The molecule has 0 radical (unpaired) electrons. The number of ether oxygens (including phenoxy) is 1. The Labute approximate surface area is 171 Å². The van der Waals surface area contributed by atoms with Crippen LogP contribution in [0.5, 0.6) is 0 Å².